The molecular weight excluding hydrogens is 235 g/mol. The molecule has 1 aliphatic heterocycles. The van der Waals surface area contributed by atoms with Crippen molar-refractivity contribution in [2.75, 3.05) is 0 Å². The summed E-state index contributed by atoms with van der Waals surface area (Å²) < 4.78 is 12.0. The molecule has 112 valence electrons. The van der Waals surface area contributed by atoms with Gasteiger partial charge in [0.25, 0.3) is 0 Å². The van der Waals surface area contributed by atoms with Crippen molar-refractivity contribution in [1.82, 2.24) is 0 Å². The van der Waals surface area contributed by atoms with Gasteiger partial charge in [-0.15, -0.1) is 0 Å². The van der Waals surface area contributed by atoms with Gasteiger partial charge in [-0.05, 0) is 34.0 Å². The number of unbranched alkanes of at least 4 members (excludes halogenated alkanes) is 7. The second-order valence-corrected chi connectivity index (χ2v) is 6.95. The zero-order valence-electron chi connectivity index (χ0n) is 13.8. The fourth-order valence-corrected chi connectivity index (χ4v) is 2.53. The highest BCUT2D eigenvalue weighted by Crippen LogP contribution is 2.38. The highest BCUT2D eigenvalue weighted by atomic mass is 16.7. The van der Waals surface area contributed by atoms with Crippen LogP contribution in [0.25, 0.3) is 0 Å². The third-order valence-electron chi connectivity index (χ3n) is 4.60. The lowest BCUT2D eigenvalue weighted by molar-refractivity contribution is 0.00578. The van der Waals surface area contributed by atoms with Crippen LogP contribution in [0.2, 0.25) is 6.32 Å². The first-order chi connectivity index (χ1) is 8.89. The fraction of sp³-hybridized carbons (Fsp3) is 1.00. The molecule has 1 aliphatic rings. The second kappa shape index (κ2) is 7.68. The molecule has 0 aromatic carbocycles. The van der Waals surface area contributed by atoms with Gasteiger partial charge in [0.1, 0.15) is 0 Å². The van der Waals surface area contributed by atoms with Gasteiger partial charge in [0.05, 0.1) is 11.2 Å². The molecule has 0 N–H and O–H groups in total. The van der Waals surface area contributed by atoms with Gasteiger partial charge in [-0.2, -0.15) is 0 Å². The van der Waals surface area contributed by atoms with Crippen LogP contribution in [0, 0.1) is 0 Å². The third-order valence-corrected chi connectivity index (χ3v) is 4.60. The predicted octanol–water partition coefficient (Wildman–Crippen LogP) is 5.22. The molecule has 0 aliphatic carbocycles. The minimum Gasteiger partial charge on any atom is -0.403 e. The first kappa shape index (κ1) is 17.0. The van der Waals surface area contributed by atoms with E-state index in [0.29, 0.717) is 0 Å². The molecule has 2 nitrogen and oxygen atoms in total. The average Bonchev–Trinajstić information content (AvgIpc) is 2.51. The monoisotopic (exact) mass is 268 g/mol. The molecule has 0 radical (unpaired) electrons. The van der Waals surface area contributed by atoms with E-state index in [1.165, 1.54) is 51.4 Å². The highest BCUT2D eigenvalue weighted by molar-refractivity contribution is 6.45. The topological polar surface area (TPSA) is 18.5 Å². The van der Waals surface area contributed by atoms with Crippen LogP contribution in [-0.2, 0) is 9.31 Å². The summed E-state index contributed by atoms with van der Waals surface area (Å²) in [6.45, 7) is 10.8. The first-order valence-electron chi connectivity index (χ1n) is 8.25. The van der Waals surface area contributed by atoms with Gasteiger partial charge in [-0.25, -0.2) is 0 Å². The van der Waals surface area contributed by atoms with Crippen LogP contribution < -0.4 is 0 Å². The Balaban J connectivity index is 2.02. The molecule has 3 heteroatoms. The van der Waals surface area contributed by atoms with E-state index in [2.05, 4.69) is 34.6 Å². The minimum absolute atomic E-state index is 0.00471. The van der Waals surface area contributed by atoms with Crippen molar-refractivity contribution in [3.8, 4) is 0 Å². The molecule has 1 rings (SSSR count). The lowest BCUT2D eigenvalue weighted by Gasteiger charge is -2.32. The van der Waals surface area contributed by atoms with Gasteiger partial charge in [-0.1, -0.05) is 58.3 Å². The van der Waals surface area contributed by atoms with E-state index in [0.717, 1.165) is 6.32 Å². The molecule has 0 aromatic rings. The zero-order valence-corrected chi connectivity index (χ0v) is 13.8. The largest absolute Gasteiger partial charge is 0.457 e. The van der Waals surface area contributed by atoms with Crippen molar-refractivity contribution >= 4 is 7.12 Å². The van der Waals surface area contributed by atoms with Crippen LogP contribution in [0.15, 0.2) is 0 Å². The molecule has 0 spiro atoms. The van der Waals surface area contributed by atoms with Crippen LogP contribution in [-0.4, -0.2) is 18.3 Å². The summed E-state index contributed by atoms with van der Waals surface area (Å²) in [5.41, 5.74) is -0.338. The Bertz CT molecular complexity index is 235. The molecule has 19 heavy (non-hydrogen) atoms. The molecule has 0 bridgehead atoms. The fourth-order valence-electron chi connectivity index (χ4n) is 2.53. The summed E-state index contributed by atoms with van der Waals surface area (Å²) in [7, 11) is 0.00471. The van der Waals surface area contributed by atoms with Crippen molar-refractivity contribution in [2.45, 2.75) is 104 Å². The number of rotatable bonds is 9. The molecule has 0 aromatic heterocycles. The maximum atomic E-state index is 6.00. The zero-order chi connectivity index (χ0) is 14.4. The summed E-state index contributed by atoms with van der Waals surface area (Å²) >= 11 is 0. The Kier molecular flexibility index (Phi) is 6.89. The third kappa shape index (κ3) is 5.47. The first-order valence-corrected chi connectivity index (χ1v) is 8.25. The molecule has 0 saturated carbocycles. The number of hydrogen-bond acceptors (Lipinski definition) is 2. The summed E-state index contributed by atoms with van der Waals surface area (Å²) in [4.78, 5) is 0. The molecule has 0 unspecified atom stereocenters. The Morgan fingerprint density at radius 3 is 1.58 bits per heavy atom. The van der Waals surface area contributed by atoms with Crippen LogP contribution in [0.5, 0.6) is 0 Å². The Morgan fingerprint density at radius 1 is 0.684 bits per heavy atom. The summed E-state index contributed by atoms with van der Waals surface area (Å²) in [5.74, 6) is 0. The van der Waals surface area contributed by atoms with Gasteiger partial charge < -0.3 is 9.31 Å². The molecular formula is C16H33BO2. The average molecular weight is 268 g/mol. The molecule has 0 atom stereocenters. The van der Waals surface area contributed by atoms with E-state index in [4.69, 9.17) is 9.31 Å². The quantitative estimate of drug-likeness (QED) is 0.421. The summed E-state index contributed by atoms with van der Waals surface area (Å²) in [5, 5.41) is 0. The van der Waals surface area contributed by atoms with E-state index < -0.39 is 0 Å². The van der Waals surface area contributed by atoms with E-state index >= 15 is 0 Å². The van der Waals surface area contributed by atoms with Crippen molar-refractivity contribution < 1.29 is 9.31 Å². The van der Waals surface area contributed by atoms with Gasteiger partial charge in [-0.3, -0.25) is 0 Å². The van der Waals surface area contributed by atoms with Gasteiger partial charge >= 0.3 is 7.12 Å². The van der Waals surface area contributed by atoms with Crippen LogP contribution in [0.1, 0.15) is 86.0 Å². The lowest BCUT2D eigenvalue weighted by Crippen LogP contribution is -2.41. The second-order valence-electron chi connectivity index (χ2n) is 6.95. The molecule has 1 saturated heterocycles. The Hall–Kier alpha value is -0.0151. The summed E-state index contributed by atoms with van der Waals surface area (Å²) in [6.07, 6.45) is 11.9. The lowest BCUT2D eigenvalue weighted by atomic mass is 9.82. The maximum Gasteiger partial charge on any atom is 0.457 e. The molecule has 1 heterocycles. The number of hydrogen-bond donors (Lipinski definition) is 0. The Morgan fingerprint density at radius 2 is 1.11 bits per heavy atom. The van der Waals surface area contributed by atoms with Gasteiger partial charge in [0.15, 0.2) is 0 Å². The standard InChI is InChI=1S/C16H33BO2/c1-6-7-8-9-10-11-12-13-14-17-18-15(2,3)16(4,5)19-17/h6-14H2,1-5H3. The van der Waals surface area contributed by atoms with E-state index in [9.17, 15) is 0 Å². The maximum absolute atomic E-state index is 6.00. The van der Waals surface area contributed by atoms with Crippen molar-refractivity contribution in [3.05, 3.63) is 0 Å². The van der Waals surface area contributed by atoms with Gasteiger partial charge in [0.2, 0.25) is 0 Å². The smallest absolute Gasteiger partial charge is 0.403 e. The van der Waals surface area contributed by atoms with Gasteiger partial charge in [0, 0.05) is 0 Å². The normalized spacial score (nSPS) is 21.0. The van der Waals surface area contributed by atoms with Crippen LogP contribution >= 0.6 is 0 Å². The minimum atomic E-state index is -0.169. The van der Waals surface area contributed by atoms with E-state index in [-0.39, 0.29) is 18.3 Å². The van der Waals surface area contributed by atoms with E-state index in [1.807, 2.05) is 0 Å². The van der Waals surface area contributed by atoms with Crippen molar-refractivity contribution in [1.29, 1.82) is 0 Å². The van der Waals surface area contributed by atoms with E-state index in [1.54, 1.807) is 0 Å². The molecule has 0 amide bonds. The highest BCUT2D eigenvalue weighted by Gasteiger charge is 2.50. The predicted molar refractivity (Wildman–Crippen MR) is 83.5 cm³/mol. The van der Waals surface area contributed by atoms with Crippen molar-refractivity contribution in [3.63, 3.8) is 0 Å². The SMILES string of the molecule is CCCCCCCCCCB1OC(C)(C)C(C)(C)O1. The Labute approximate surface area is 120 Å². The molecule has 1 fully saturated rings. The van der Waals surface area contributed by atoms with Crippen LogP contribution in [0.3, 0.4) is 0 Å². The van der Waals surface area contributed by atoms with Crippen LogP contribution in [0.4, 0.5) is 0 Å². The van der Waals surface area contributed by atoms with Crippen molar-refractivity contribution in [2.24, 2.45) is 0 Å². The summed E-state index contributed by atoms with van der Waals surface area (Å²) in [6, 6.07) is 0.